The number of nitrogens with one attached hydrogen (secondary N) is 2. The van der Waals surface area contributed by atoms with Gasteiger partial charge in [-0.3, -0.25) is 14.3 Å². The Hall–Kier alpha value is -4.19. The van der Waals surface area contributed by atoms with Gasteiger partial charge in [0.05, 0.1) is 12.2 Å². The van der Waals surface area contributed by atoms with E-state index in [1.54, 1.807) is 24.3 Å². The molecule has 0 saturated heterocycles. The van der Waals surface area contributed by atoms with Crippen molar-refractivity contribution in [2.45, 2.75) is 27.3 Å². The first-order valence-electron chi connectivity index (χ1n) is 10.8. The zero-order chi connectivity index (χ0) is 23.4. The monoisotopic (exact) mass is 438 g/mol. The molecule has 1 aromatic heterocycles. The lowest BCUT2D eigenvalue weighted by atomic mass is 10.1. The molecule has 6 heteroatoms. The highest BCUT2D eigenvalue weighted by Crippen LogP contribution is 2.22. The van der Waals surface area contributed by atoms with Crippen molar-refractivity contribution < 1.29 is 9.59 Å². The number of amides is 2. The highest BCUT2D eigenvalue weighted by molar-refractivity contribution is 6.06. The number of carbonyl (C=O) groups excluding carboxylic acids is 2. The largest absolute Gasteiger partial charge is 0.322 e. The summed E-state index contributed by atoms with van der Waals surface area (Å²) in [6.07, 6.45) is 0. The van der Waals surface area contributed by atoms with Crippen LogP contribution in [0.4, 0.5) is 11.4 Å². The Balaban J connectivity index is 1.48. The van der Waals surface area contributed by atoms with Crippen molar-refractivity contribution in [1.82, 2.24) is 9.78 Å². The number of anilines is 2. The number of aromatic nitrogens is 2. The molecule has 0 radical (unpaired) electrons. The molecule has 4 rings (SSSR count). The van der Waals surface area contributed by atoms with Crippen LogP contribution in [-0.2, 0) is 6.54 Å². The van der Waals surface area contributed by atoms with Gasteiger partial charge in [0.2, 0.25) is 0 Å². The zero-order valence-electron chi connectivity index (χ0n) is 18.9. The quantitative estimate of drug-likeness (QED) is 0.425. The average molecular weight is 439 g/mol. The average Bonchev–Trinajstić information content (AvgIpc) is 3.13. The van der Waals surface area contributed by atoms with Crippen LogP contribution in [0.3, 0.4) is 0 Å². The van der Waals surface area contributed by atoms with Gasteiger partial charge in [0.15, 0.2) is 0 Å². The van der Waals surface area contributed by atoms with Gasteiger partial charge in [0.1, 0.15) is 0 Å². The predicted octanol–water partition coefficient (Wildman–Crippen LogP) is 5.36. The van der Waals surface area contributed by atoms with Crippen LogP contribution in [0.2, 0.25) is 0 Å². The van der Waals surface area contributed by atoms with Gasteiger partial charge in [-0.25, -0.2) is 0 Å². The number of nitrogens with zero attached hydrogens (tertiary/aromatic N) is 2. The molecule has 0 atom stereocenters. The Morgan fingerprint density at radius 3 is 2.24 bits per heavy atom. The van der Waals surface area contributed by atoms with Crippen molar-refractivity contribution in [2.24, 2.45) is 0 Å². The second-order valence-corrected chi connectivity index (χ2v) is 8.09. The lowest BCUT2D eigenvalue weighted by Crippen LogP contribution is -2.15. The molecule has 0 fully saturated rings. The number of benzene rings is 3. The van der Waals surface area contributed by atoms with E-state index in [0.29, 0.717) is 29.0 Å². The number of rotatable bonds is 6. The Morgan fingerprint density at radius 1 is 0.788 bits per heavy atom. The third-order valence-corrected chi connectivity index (χ3v) is 5.40. The molecule has 0 aliphatic carbocycles. The van der Waals surface area contributed by atoms with Crippen LogP contribution >= 0.6 is 0 Å². The summed E-state index contributed by atoms with van der Waals surface area (Å²) in [6, 6.07) is 24.0. The fourth-order valence-corrected chi connectivity index (χ4v) is 3.64. The minimum Gasteiger partial charge on any atom is -0.322 e. The molecule has 166 valence electrons. The van der Waals surface area contributed by atoms with Gasteiger partial charge in [-0.05, 0) is 74.4 Å². The molecule has 1 heterocycles. The van der Waals surface area contributed by atoms with E-state index in [9.17, 15) is 9.59 Å². The van der Waals surface area contributed by atoms with Crippen LogP contribution in [0.5, 0.6) is 0 Å². The van der Waals surface area contributed by atoms with E-state index >= 15 is 0 Å². The minimum absolute atomic E-state index is 0.200. The first-order chi connectivity index (χ1) is 15.9. The molecule has 0 spiro atoms. The van der Waals surface area contributed by atoms with Gasteiger partial charge >= 0.3 is 0 Å². The van der Waals surface area contributed by atoms with Gasteiger partial charge < -0.3 is 10.6 Å². The summed E-state index contributed by atoms with van der Waals surface area (Å²) in [5.41, 5.74) is 6.34. The molecule has 0 aliphatic rings. The van der Waals surface area contributed by atoms with Gasteiger partial charge in [-0.2, -0.15) is 5.10 Å². The standard InChI is InChI=1S/C27H26N4O2/c1-18-12-13-24(28-26(32)22-9-5-4-6-10-22)16-25(18)29-27(33)23-11-7-8-21(15-23)17-31-20(3)14-19(2)30-31/h4-16H,17H2,1-3H3,(H,28,32)(H,29,33). The van der Waals surface area contributed by atoms with Crippen LogP contribution in [0.15, 0.2) is 78.9 Å². The maximum Gasteiger partial charge on any atom is 0.255 e. The Labute approximate surface area is 193 Å². The number of carbonyl (C=O) groups is 2. The normalized spacial score (nSPS) is 10.6. The van der Waals surface area contributed by atoms with Crippen molar-refractivity contribution in [3.8, 4) is 0 Å². The second-order valence-electron chi connectivity index (χ2n) is 8.09. The van der Waals surface area contributed by atoms with E-state index in [1.165, 1.54) is 0 Å². The molecule has 2 amide bonds. The van der Waals surface area contributed by atoms with Crippen molar-refractivity contribution in [3.05, 3.63) is 113 Å². The molecule has 33 heavy (non-hydrogen) atoms. The molecule has 4 aromatic rings. The maximum absolute atomic E-state index is 13.0. The van der Waals surface area contributed by atoms with Gasteiger partial charge in [0, 0.05) is 28.2 Å². The number of hydrogen-bond donors (Lipinski definition) is 2. The molecule has 2 N–H and O–H groups in total. The molecular weight excluding hydrogens is 412 g/mol. The Morgan fingerprint density at radius 2 is 1.52 bits per heavy atom. The van der Waals surface area contributed by atoms with Gasteiger partial charge in [-0.15, -0.1) is 0 Å². The zero-order valence-corrected chi connectivity index (χ0v) is 18.9. The molecule has 0 aliphatic heterocycles. The van der Waals surface area contributed by atoms with Gasteiger partial charge in [0.25, 0.3) is 11.8 Å². The highest BCUT2D eigenvalue weighted by Gasteiger charge is 2.12. The molecule has 3 aromatic carbocycles. The smallest absolute Gasteiger partial charge is 0.255 e. The van der Waals surface area contributed by atoms with Crippen LogP contribution in [-0.4, -0.2) is 21.6 Å². The summed E-state index contributed by atoms with van der Waals surface area (Å²) >= 11 is 0. The van der Waals surface area contributed by atoms with Crippen LogP contribution in [0, 0.1) is 20.8 Å². The van der Waals surface area contributed by atoms with E-state index in [0.717, 1.165) is 22.5 Å². The highest BCUT2D eigenvalue weighted by atomic mass is 16.2. The molecule has 6 nitrogen and oxygen atoms in total. The van der Waals surface area contributed by atoms with Crippen molar-refractivity contribution in [3.63, 3.8) is 0 Å². The van der Waals surface area contributed by atoms with Crippen LogP contribution < -0.4 is 10.6 Å². The summed E-state index contributed by atoms with van der Waals surface area (Å²) in [7, 11) is 0. The third kappa shape index (κ3) is 5.36. The summed E-state index contributed by atoms with van der Waals surface area (Å²) in [6.45, 7) is 6.49. The van der Waals surface area contributed by atoms with Crippen LogP contribution in [0.25, 0.3) is 0 Å². The maximum atomic E-state index is 13.0. The first kappa shape index (κ1) is 22.0. The number of aryl methyl sites for hydroxylation is 3. The lowest BCUT2D eigenvalue weighted by Gasteiger charge is -2.12. The third-order valence-electron chi connectivity index (χ3n) is 5.40. The van der Waals surface area contributed by atoms with E-state index in [-0.39, 0.29) is 11.8 Å². The summed E-state index contributed by atoms with van der Waals surface area (Å²) in [5, 5.41) is 10.4. The van der Waals surface area contributed by atoms with Gasteiger partial charge in [-0.1, -0.05) is 36.4 Å². The minimum atomic E-state index is -0.208. The van der Waals surface area contributed by atoms with E-state index in [4.69, 9.17) is 0 Å². The SMILES string of the molecule is Cc1cc(C)n(Cc2cccc(C(=O)Nc3cc(NC(=O)c4ccccc4)ccc3C)c2)n1. The fourth-order valence-electron chi connectivity index (χ4n) is 3.64. The summed E-state index contributed by atoms with van der Waals surface area (Å²) in [4.78, 5) is 25.4. The van der Waals surface area contributed by atoms with Crippen molar-refractivity contribution in [2.75, 3.05) is 10.6 Å². The Bertz CT molecular complexity index is 1310. The summed E-state index contributed by atoms with van der Waals surface area (Å²) < 4.78 is 1.93. The van der Waals surface area contributed by atoms with E-state index < -0.39 is 0 Å². The van der Waals surface area contributed by atoms with E-state index in [2.05, 4.69) is 15.7 Å². The van der Waals surface area contributed by atoms with Crippen molar-refractivity contribution >= 4 is 23.2 Å². The molecule has 0 saturated carbocycles. The molecular formula is C27H26N4O2. The van der Waals surface area contributed by atoms with Crippen molar-refractivity contribution in [1.29, 1.82) is 0 Å². The number of hydrogen-bond acceptors (Lipinski definition) is 3. The fraction of sp³-hybridized carbons (Fsp3) is 0.148. The first-order valence-corrected chi connectivity index (χ1v) is 10.8. The predicted molar refractivity (Wildman–Crippen MR) is 131 cm³/mol. The summed E-state index contributed by atoms with van der Waals surface area (Å²) in [5.74, 6) is -0.409. The van der Waals surface area contributed by atoms with E-state index in [1.807, 2.05) is 80.1 Å². The van der Waals surface area contributed by atoms with Crippen LogP contribution in [0.1, 0.15) is 43.2 Å². The second kappa shape index (κ2) is 9.53. The molecule has 0 bridgehead atoms. The Kier molecular flexibility index (Phi) is 6.36. The molecule has 0 unspecified atom stereocenters. The lowest BCUT2D eigenvalue weighted by molar-refractivity contribution is 0.101. The topological polar surface area (TPSA) is 76.0 Å².